The Labute approximate surface area is 153 Å². The van der Waals surface area contributed by atoms with E-state index in [-0.39, 0.29) is 5.69 Å². The van der Waals surface area contributed by atoms with Gasteiger partial charge in [0.1, 0.15) is 0 Å². The molecule has 2 aromatic carbocycles. The van der Waals surface area contributed by atoms with Crippen molar-refractivity contribution < 1.29 is 4.92 Å². The summed E-state index contributed by atoms with van der Waals surface area (Å²) in [6.45, 7) is 0. The molecule has 0 aliphatic heterocycles. The number of benzene rings is 2. The van der Waals surface area contributed by atoms with E-state index in [4.69, 9.17) is 0 Å². The van der Waals surface area contributed by atoms with Crippen LogP contribution >= 0.6 is 0 Å². The van der Waals surface area contributed by atoms with Crippen LogP contribution in [-0.2, 0) is 0 Å². The summed E-state index contributed by atoms with van der Waals surface area (Å²) < 4.78 is 1.61. The second kappa shape index (κ2) is 7.00. The van der Waals surface area contributed by atoms with Gasteiger partial charge < -0.3 is 0 Å². The lowest BCUT2D eigenvalue weighted by Crippen LogP contribution is -2.01. The number of para-hydroxylation sites is 1. The Bertz CT molecular complexity index is 1140. The van der Waals surface area contributed by atoms with E-state index in [1.54, 1.807) is 34.8 Å². The quantitative estimate of drug-likeness (QED) is 0.333. The van der Waals surface area contributed by atoms with Gasteiger partial charge in [-0.25, -0.2) is 0 Å². The normalized spacial score (nSPS) is 11.1. The molecule has 0 saturated heterocycles. The molecule has 2 heterocycles. The van der Waals surface area contributed by atoms with Gasteiger partial charge in [-0.3, -0.25) is 15.5 Å². The number of nitro benzene ring substituents is 1. The Morgan fingerprint density at radius 2 is 1.78 bits per heavy atom. The van der Waals surface area contributed by atoms with Crippen molar-refractivity contribution >= 4 is 23.4 Å². The molecule has 0 amide bonds. The molecular weight excluding hydrogens is 346 g/mol. The van der Waals surface area contributed by atoms with Crippen LogP contribution in [0.25, 0.3) is 17.0 Å². The number of nitro groups is 1. The highest BCUT2D eigenvalue weighted by Gasteiger charge is 2.11. The number of nitrogens with zero attached hydrogens (tertiary/aromatic N) is 6. The number of aromatic nitrogens is 4. The summed E-state index contributed by atoms with van der Waals surface area (Å²) in [5.74, 6) is 1.06. The monoisotopic (exact) mass is 359 g/mol. The van der Waals surface area contributed by atoms with Crippen LogP contribution in [0.15, 0.2) is 71.8 Å². The molecule has 9 nitrogen and oxygen atoms in total. The van der Waals surface area contributed by atoms with Gasteiger partial charge in [-0.1, -0.05) is 42.5 Å². The average molecular weight is 359 g/mol. The Hall–Kier alpha value is -4.14. The predicted molar refractivity (Wildman–Crippen MR) is 101 cm³/mol. The zero-order valence-electron chi connectivity index (χ0n) is 13.9. The van der Waals surface area contributed by atoms with Gasteiger partial charge in [-0.05, 0) is 18.2 Å². The van der Waals surface area contributed by atoms with E-state index in [1.807, 2.05) is 30.3 Å². The molecule has 9 heteroatoms. The van der Waals surface area contributed by atoms with Crippen molar-refractivity contribution in [1.82, 2.24) is 19.8 Å². The first-order valence-corrected chi connectivity index (χ1v) is 8.03. The molecule has 4 aromatic rings. The van der Waals surface area contributed by atoms with Crippen LogP contribution in [0.3, 0.4) is 0 Å². The van der Waals surface area contributed by atoms with Crippen molar-refractivity contribution in [2.24, 2.45) is 5.10 Å². The molecule has 27 heavy (non-hydrogen) atoms. The molecule has 4 rings (SSSR count). The highest BCUT2D eigenvalue weighted by atomic mass is 16.6. The van der Waals surface area contributed by atoms with E-state index in [9.17, 15) is 10.1 Å². The molecule has 132 valence electrons. The lowest BCUT2D eigenvalue weighted by molar-refractivity contribution is -0.385. The summed E-state index contributed by atoms with van der Waals surface area (Å²) in [7, 11) is 0. The van der Waals surface area contributed by atoms with Gasteiger partial charge in [-0.2, -0.15) is 9.62 Å². The van der Waals surface area contributed by atoms with Gasteiger partial charge in [-0.15, -0.1) is 15.3 Å². The van der Waals surface area contributed by atoms with Gasteiger partial charge in [0, 0.05) is 11.6 Å². The average Bonchev–Trinajstić information content (AvgIpc) is 3.12. The van der Waals surface area contributed by atoms with E-state index in [0.717, 1.165) is 5.56 Å². The van der Waals surface area contributed by atoms with E-state index in [2.05, 4.69) is 25.8 Å². The molecule has 2 aromatic heterocycles. The second-order valence-electron chi connectivity index (χ2n) is 5.56. The third kappa shape index (κ3) is 3.33. The lowest BCUT2D eigenvalue weighted by Gasteiger charge is -2.02. The van der Waals surface area contributed by atoms with Crippen molar-refractivity contribution in [3.05, 3.63) is 82.4 Å². The molecule has 0 aliphatic rings. The predicted octanol–water partition coefficient (Wildman–Crippen LogP) is 3.15. The summed E-state index contributed by atoms with van der Waals surface area (Å²) >= 11 is 0. The molecule has 0 unspecified atom stereocenters. The Balaban J connectivity index is 1.61. The van der Waals surface area contributed by atoms with Crippen molar-refractivity contribution in [1.29, 1.82) is 0 Å². The van der Waals surface area contributed by atoms with Crippen molar-refractivity contribution in [2.45, 2.75) is 0 Å². The van der Waals surface area contributed by atoms with E-state index in [1.165, 1.54) is 12.3 Å². The third-order valence-electron chi connectivity index (χ3n) is 3.81. The van der Waals surface area contributed by atoms with Crippen LogP contribution < -0.4 is 5.43 Å². The van der Waals surface area contributed by atoms with Crippen molar-refractivity contribution in [3.8, 4) is 11.4 Å². The SMILES string of the molecule is O=[N+]([O-])c1ccccc1C=NNc1ccc2nnc(-c3ccccc3)n2n1. The van der Waals surface area contributed by atoms with Gasteiger partial charge in [0.2, 0.25) is 0 Å². The maximum atomic E-state index is 11.0. The molecule has 0 atom stereocenters. The molecule has 0 saturated carbocycles. The summed E-state index contributed by atoms with van der Waals surface area (Å²) in [4.78, 5) is 10.6. The first-order chi connectivity index (χ1) is 13.2. The molecule has 0 radical (unpaired) electrons. The number of hydrazone groups is 1. The van der Waals surface area contributed by atoms with Crippen LogP contribution in [0.1, 0.15) is 5.56 Å². The maximum Gasteiger partial charge on any atom is 0.278 e. The van der Waals surface area contributed by atoms with E-state index >= 15 is 0 Å². The highest BCUT2D eigenvalue weighted by Crippen LogP contribution is 2.18. The summed E-state index contributed by atoms with van der Waals surface area (Å²) in [5.41, 5.74) is 4.64. The maximum absolute atomic E-state index is 11.0. The number of anilines is 1. The summed E-state index contributed by atoms with van der Waals surface area (Å²) in [5, 5.41) is 27.8. The smallest absolute Gasteiger partial charge is 0.260 e. The first-order valence-electron chi connectivity index (χ1n) is 8.03. The Morgan fingerprint density at radius 3 is 2.59 bits per heavy atom. The van der Waals surface area contributed by atoms with Gasteiger partial charge in [0.15, 0.2) is 17.3 Å². The number of nitrogens with one attached hydrogen (secondary N) is 1. The van der Waals surface area contributed by atoms with Gasteiger partial charge in [0.25, 0.3) is 5.69 Å². The summed E-state index contributed by atoms with van der Waals surface area (Å²) in [6, 6.07) is 19.4. The lowest BCUT2D eigenvalue weighted by atomic mass is 10.2. The Kier molecular flexibility index (Phi) is 4.24. The fraction of sp³-hybridized carbons (Fsp3) is 0. The van der Waals surface area contributed by atoms with Crippen molar-refractivity contribution in [3.63, 3.8) is 0 Å². The molecule has 0 aliphatic carbocycles. The molecular formula is C18H13N7O2. The minimum Gasteiger partial charge on any atom is -0.260 e. The highest BCUT2D eigenvalue weighted by molar-refractivity contribution is 5.85. The fourth-order valence-corrected chi connectivity index (χ4v) is 2.55. The van der Waals surface area contributed by atoms with E-state index in [0.29, 0.717) is 22.9 Å². The Morgan fingerprint density at radius 1 is 1.00 bits per heavy atom. The third-order valence-corrected chi connectivity index (χ3v) is 3.81. The summed E-state index contributed by atoms with van der Waals surface area (Å²) in [6.07, 6.45) is 1.38. The van der Waals surface area contributed by atoms with Gasteiger partial charge in [0.05, 0.1) is 16.7 Å². The fourth-order valence-electron chi connectivity index (χ4n) is 2.55. The topological polar surface area (TPSA) is 111 Å². The molecule has 0 fully saturated rings. The van der Waals surface area contributed by atoms with Crippen LogP contribution in [-0.4, -0.2) is 30.9 Å². The van der Waals surface area contributed by atoms with Gasteiger partial charge >= 0.3 is 0 Å². The molecule has 0 spiro atoms. The van der Waals surface area contributed by atoms with Crippen LogP contribution in [0.4, 0.5) is 11.5 Å². The molecule has 1 N–H and O–H groups in total. The van der Waals surface area contributed by atoms with E-state index < -0.39 is 4.92 Å². The van der Waals surface area contributed by atoms with Crippen LogP contribution in [0, 0.1) is 10.1 Å². The van der Waals surface area contributed by atoms with Crippen LogP contribution in [0.2, 0.25) is 0 Å². The van der Waals surface area contributed by atoms with Crippen LogP contribution in [0.5, 0.6) is 0 Å². The zero-order chi connectivity index (χ0) is 18.6. The zero-order valence-corrected chi connectivity index (χ0v) is 13.9. The minimum absolute atomic E-state index is 0.0170. The molecule has 0 bridgehead atoms. The second-order valence-corrected chi connectivity index (χ2v) is 5.56. The minimum atomic E-state index is -0.449. The first kappa shape index (κ1) is 16.3. The number of hydrogen-bond donors (Lipinski definition) is 1. The number of rotatable bonds is 5. The van der Waals surface area contributed by atoms with Crippen molar-refractivity contribution in [2.75, 3.05) is 5.43 Å². The largest absolute Gasteiger partial charge is 0.278 e. The number of hydrogen-bond acceptors (Lipinski definition) is 7. The standard InChI is InChI=1S/C18H13N7O2/c26-25(27)15-9-5-4-8-14(15)12-19-20-16-10-11-17-21-22-18(24(17)23-16)13-6-2-1-3-7-13/h1-12H,(H,20,23). The number of fused-ring (bicyclic) bond motifs is 1.